The summed E-state index contributed by atoms with van der Waals surface area (Å²) in [5.41, 5.74) is 1.69. The van der Waals surface area contributed by atoms with Crippen molar-refractivity contribution in [2.45, 2.75) is 23.6 Å². The number of nitrogens with zero attached hydrogens (tertiary/aromatic N) is 4. The minimum Gasteiger partial charge on any atom is -0.342 e. The Morgan fingerprint density at radius 2 is 1.26 bits per heavy atom. The fourth-order valence-electron chi connectivity index (χ4n) is 3.67. The minimum atomic E-state index is -4.38. The van der Waals surface area contributed by atoms with Gasteiger partial charge in [-0.2, -0.15) is 21.2 Å². The summed E-state index contributed by atoms with van der Waals surface area (Å²) in [5, 5.41) is 0. The van der Waals surface area contributed by atoms with Crippen LogP contribution in [0.3, 0.4) is 0 Å². The van der Waals surface area contributed by atoms with E-state index in [0.29, 0.717) is 18.7 Å². The van der Waals surface area contributed by atoms with Crippen LogP contribution < -0.4 is 4.41 Å². The van der Waals surface area contributed by atoms with Crippen molar-refractivity contribution in [2.75, 3.05) is 24.6 Å². The second-order valence-electron chi connectivity index (χ2n) is 7.94. The standard InChI is InChI=1S/C24H26N4O4S2/c1-19-11-10-16-23(20(19)2)27(33(29,30)21-12-6-4-7-13-21)28(24-25-17-18-26(24)3)34(31,32)22-14-8-5-9-15-22/h4-16H,17-18H2,1-3H3. The van der Waals surface area contributed by atoms with E-state index in [1.807, 2.05) is 13.0 Å². The smallest absolute Gasteiger partial charge is 0.285 e. The number of likely N-dealkylation sites (N-methyl/N-ethyl adjacent to an activating group) is 1. The van der Waals surface area contributed by atoms with Crippen LogP contribution in [-0.2, 0) is 20.0 Å². The molecule has 0 amide bonds. The van der Waals surface area contributed by atoms with Gasteiger partial charge >= 0.3 is 0 Å². The molecule has 0 N–H and O–H groups in total. The van der Waals surface area contributed by atoms with Crippen molar-refractivity contribution in [2.24, 2.45) is 4.99 Å². The van der Waals surface area contributed by atoms with Gasteiger partial charge in [-0.25, -0.2) is 4.99 Å². The van der Waals surface area contributed by atoms with Crippen molar-refractivity contribution < 1.29 is 16.8 Å². The van der Waals surface area contributed by atoms with Crippen LogP contribution in [0.25, 0.3) is 0 Å². The van der Waals surface area contributed by atoms with Gasteiger partial charge in [-0.05, 0) is 55.3 Å². The zero-order valence-corrected chi connectivity index (χ0v) is 20.8. The Balaban J connectivity index is 2.07. The van der Waals surface area contributed by atoms with Crippen LogP contribution in [-0.4, -0.2) is 52.2 Å². The first-order chi connectivity index (χ1) is 16.2. The molecule has 3 aromatic carbocycles. The van der Waals surface area contributed by atoms with Crippen molar-refractivity contribution in [1.82, 2.24) is 9.31 Å². The van der Waals surface area contributed by atoms with E-state index in [0.717, 1.165) is 14.4 Å². The lowest BCUT2D eigenvalue weighted by Gasteiger charge is -2.38. The lowest BCUT2D eigenvalue weighted by molar-refractivity contribution is 0.460. The largest absolute Gasteiger partial charge is 0.342 e. The quantitative estimate of drug-likeness (QED) is 0.486. The molecule has 1 heterocycles. The van der Waals surface area contributed by atoms with Gasteiger partial charge in [0, 0.05) is 13.6 Å². The average molecular weight is 499 g/mol. The van der Waals surface area contributed by atoms with Crippen LogP contribution in [0.4, 0.5) is 5.69 Å². The first-order valence-electron chi connectivity index (χ1n) is 10.7. The molecule has 4 rings (SSSR count). The van der Waals surface area contributed by atoms with Gasteiger partial charge < -0.3 is 4.90 Å². The summed E-state index contributed by atoms with van der Waals surface area (Å²) in [4.78, 5) is 5.95. The van der Waals surface area contributed by atoms with E-state index in [2.05, 4.69) is 4.99 Å². The maximum absolute atomic E-state index is 14.1. The van der Waals surface area contributed by atoms with Gasteiger partial charge in [0.05, 0.1) is 22.0 Å². The highest BCUT2D eigenvalue weighted by molar-refractivity contribution is 7.95. The molecule has 0 aliphatic carbocycles. The summed E-state index contributed by atoms with van der Waals surface area (Å²) in [6, 6.07) is 20.7. The maximum atomic E-state index is 14.1. The maximum Gasteiger partial charge on any atom is 0.285 e. The molecule has 0 fully saturated rings. The van der Waals surface area contributed by atoms with Crippen LogP contribution in [0, 0.1) is 13.8 Å². The molecule has 1 aliphatic rings. The molecule has 0 saturated carbocycles. The second kappa shape index (κ2) is 9.11. The van der Waals surface area contributed by atoms with Crippen molar-refractivity contribution in [3.8, 4) is 0 Å². The predicted octanol–water partition coefficient (Wildman–Crippen LogP) is 3.41. The summed E-state index contributed by atoms with van der Waals surface area (Å²) in [6.07, 6.45) is 0. The Morgan fingerprint density at radius 3 is 1.76 bits per heavy atom. The number of aryl methyl sites for hydroxylation is 1. The van der Waals surface area contributed by atoms with Crippen LogP contribution in [0.5, 0.6) is 0 Å². The number of hydrogen-bond donors (Lipinski definition) is 0. The Labute approximate surface area is 200 Å². The molecule has 0 spiro atoms. The number of rotatable bonds is 6. The van der Waals surface area contributed by atoms with Crippen LogP contribution in [0.15, 0.2) is 93.6 Å². The molecular formula is C24H26N4O4S2. The first kappa shape index (κ1) is 23.8. The van der Waals surface area contributed by atoms with Gasteiger partial charge in [-0.1, -0.05) is 48.5 Å². The fraction of sp³-hybridized carbons (Fsp3) is 0.208. The zero-order valence-electron chi connectivity index (χ0n) is 19.2. The monoisotopic (exact) mass is 498 g/mol. The number of anilines is 1. The minimum absolute atomic E-state index is 0.0317. The van der Waals surface area contributed by atoms with Crippen LogP contribution in [0.2, 0.25) is 0 Å². The Bertz CT molecular complexity index is 1420. The van der Waals surface area contributed by atoms with Gasteiger partial charge in [0.15, 0.2) is 0 Å². The van der Waals surface area contributed by atoms with E-state index >= 15 is 0 Å². The van der Waals surface area contributed by atoms with Gasteiger partial charge in [-0.15, -0.1) is 4.41 Å². The van der Waals surface area contributed by atoms with E-state index < -0.39 is 20.0 Å². The van der Waals surface area contributed by atoms with Crippen LogP contribution in [0.1, 0.15) is 11.1 Å². The van der Waals surface area contributed by atoms with Crippen molar-refractivity contribution in [3.05, 3.63) is 90.0 Å². The zero-order chi connectivity index (χ0) is 24.5. The highest BCUT2D eigenvalue weighted by Gasteiger charge is 2.43. The number of aliphatic imine (C=N–C) groups is 1. The molecular weight excluding hydrogens is 472 g/mol. The van der Waals surface area contributed by atoms with Gasteiger partial charge in [0.1, 0.15) is 0 Å². The normalized spacial score (nSPS) is 14.1. The van der Waals surface area contributed by atoms with Crippen molar-refractivity contribution in [3.63, 3.8) is 0 Å². The molecule has 0 radical (unpaired) electrons. The summed E-state index contributed by atoms with van der Waals surface area (Å²) in [7, 11) is -7.06. The summed E-state index contributed by atoms with van der Waals surface area (Å²) >= 11 is 0. The SMILES string of the molecule is Cc1cccc(N(N(C2=NCCN2C)S(=O)(=O)c2ccccc2)S(=O)(=O)c2ccccc2)c1C. The molecule has 10 heteroatoms. The number of guanidine groups is 1. The molecule has 34 heavy (non-hydrogen) atoms. The highest BCUT2D eigenvalue weighted by atomic mass is 32.2. The number of hydrazine groups is 1. The molecule has 0 atom stereocenters. The van der Waals surface area contributed by atoms with E-state index in [9.17, 15) is 16.8 Å². The Morgan fingerprint density at radius 1 is 0.735 bits per heavy atom. The lowest BCUT2D eigenvalue weighted by Crippen LogP contribution is -2.56. The van der Waals surface area contributed by atoms with Crippen molar-refractivity contribution >= 4 is 31.7 Å². The third-order valence-corrected chi connectivity index (χ3v) is 9.12. The van der Waals surface area contributed by atoms with E-state index in [-0.39, 0.29) is 21.4 Å². The molecule has 8 nitrogen and oxygen atoms in total. The number of hydrogen-bond acceptors (Lipinski definition) is 6. The first-order valence-corrected chi connectivity index (χ1v) is 13.6. The van der Waals surface area contributed by atoms with E-state index in [1.54, 1.807) is 67.4 Å². The molecule has 0 saturated heterocycles. The molecule has 178 valence electrons. The molecule has 0 aromatic heterocycles. The third-order valence-electron chi connectivity index (χ3n) is 5.69. The van der Waals surface area contributed by atoms with Gasteiger partial charge in [0.25, 0.3) is 20.0 Å². The highest BCUT2D eigenvalue weighted by Crippen LogP contribution is 2.34. The fourth-order valence-corrected chi connectivity index (χ4v) is 7.01. The summed E-state index contributed by atoms with van der Waals surface area (Å²) in [5.74, 6) is 0.0317. The summed E-state index contributed by atoms with van der Waals surface area (Å²) in [6.45, 7) is 4.42. The average Bonchev–Trinajstić information content (AvgIpc) is 3.25. The van der Waals surface area contributed by atoms with E-state index in [4.69, 9.17) is 0 Å². The van der Waals surface area contributed by atoms with Gasteiger partial charge in [0.2, 0.25) is 5.96 Å². The summed E-state index contributed by atoms with van der Waals surface area (Å²) < 4.78 is 58.1. The molecule has 3 aromatic rings. The predicted molar refractivity (Wildman–Crippen MR) is 132 cm³/mol. The molecule has 0 unspecified atom stereocenters. The van der Waals surface area contributed by atoms with E-state index in [1.165, 1.54) is 24.3 Å². The Hall–Kier alpha value is -3.37. The van der Waals surface area contributed by atoms with Crippen LogP contribution >= 0.6 is 0 Å². The number of benzene rings is 3. The topological polar surface area (TPSA) is 90.4 Å². The molecule has 0 bridgehead atoms. The Kier molecular flexibility index (Phi) is 6.37. The number of sulfonamides is 2. The van der Waals surface area contributed by atoms with Crippen molar-refractivity contribution in [1.29, 1.82) is 0 Å². The third kappa shape index (κ3) is 4.14. The molecule has 1 aliphatic heterocycles. The lowest BCUT2D eigenvalue weighted by atomic mass is 10.1. The second-order valence-corrected chi connectivity index (χ2v) is 11.5. The van der Waals surface area contributed by atoms with Gasteiger partial charge in [-0.3, -0.25) is 0 Å².